The number of aliphatic carboxylic acids is 1. The molecule has 0 radical (unpaired) electrons. The Bertz CT molecular complexity index is 583. The summed E-state index contributed by atoms with van der Waals surface area (Å²) >= 11 is 1.31. The molecule has 1 atom stereocenters. The molecular weight excluding hydrogens is 278 g/mol. The van der Waals surface area contributed by atoms with Crippen molar-refractivity contribution in [3.05, 3.63) is 35.3 Å². The van der Waals surface area contributed by atoms with Crippen LogP contribution >= 0.6 is 11.3 Å². The van der Waals surface area contributed by atoms with Gasteiger partial charge in [-0.3, -0.25) is 4.79 Å². The molecule has 0 saturated carbocycles. The standard InChI is InChI=1S/C13H15N3O3S/c1-2-19-9-5-3-8(4-6-9)15-13-16-10(7-20-13)11(14)12(17)18/h3-7,11H,2,14H2,1H3,(H,15,16)(H,17,18). The molecule has 0 fully saturated rings. The minimum Gasteiger partial charge on any atom is -0.494 e. The number of anilines is 2. The predicted octanol–water partition coefficient (Wildman–Crippen LogP) is 2.37. The van der Waals surface area contributed by atoms with Gasteiger partial charge in [0.2, 0.25) is 0 Å². The third-order valence-corrected chi connectivity index (χ3v) is 3.30. The van der Waals surface area contributed by atoms with Crippen molar-refractivity contribution < 1.29 is 14.6 Å². The zero-order valence-corrected chi connectivity index (χ0v) is 11.7. The van der Waals surface area contributed by atoms with Crippen molar-refractivity contribution in [3.63, 3.8) is 0 Å². The number of carboxylic acid groups (broad SMARTS) is 1. The number of carboxylic acids is 1. The highest BCUT2D eigenvalue weighted by Crippen LogP contribution is 2.24. The molecule has 0 saturated heterocycles. The van der Waals surface area contributed by atoms with Crippen LogP contribution in [0.15, 0.2) is 29.6 Å². The lowest BCUT2D eigenvalue weighted by Gasteiger charge is -2.05. The van der Waals surface area contributed by atoms with Gasteiger partial charge in [-0.15, -0.1) is 11.3 Å². The molecule has 2 aromatic rings. The van der Waals surface area contributed by atoms with Crippen LogP contribution in [-0.4, -0.2) is 22.7 Å². The number of thiazole rings is 1. The van der Waals surface area contributed by atoms with Crippen molar-refractivity contribution in [1.82, 2.24) is 4.98 Å². The van der Waals surface area contributed by atoms with Crippen molar-refractivity contribution in [2.75, 3.05) is 11.9 Å². The number of ether oxygens (including phenoxy) is 1. The zero-order chi connectivity index (χ0) is 14.5. The smallest absolute Gasteiger partial charge is 0.326 e. The van der Waals surface area contributed by atoms with E-state index in [1.54, 1.807) is 5.38 Å². The summed E-state index contributed by atoms with van der Waals surface area (Å²) in [6.07, 6.45) is 0. The number of aromatic nitrogens is 1. The molecule has 0 aliphatic carbocycles. The van der Waals surface area contributed by atoms with Crippen LogP contribution in [0.25, 0.3) is 0 Å². The fourth-order valence-electron chi connectivity index (χ4n) is 1.54. The van der Waals surface area contributed by atoms with E-state index in [2.05, 4.69) is 10.3 Å². The molecule has 6 nitrogen and oxygen atoms in total. The van der Waals surface area contributed by atoms with Crippen LogP contribution in [0.1, 0.15) is 18.7 Å². The van der Waals surface area contributed by atoms with Crippen LogP contribution < -0.4 is 15.8 Å². The van der Waals surface area contributed by atoms with Gasteiger partial charge in [-0.1, -0.05) is 0 Å². The lowest BCUT2D eigenvalue weighted by molar-refractivity contribution is -0.138. The van der Waals surface area contributed by atoms with E-state index in [1.165, 1.54) is 11.3 Å². The molecule has 4 N–H and O–H groups in total. The number of nitrogens with one attached hydrogen (secondary N) is 1. The Morgan fingerprint density at radius 1 is 1.50 bits per heavy atom. The lowest BCUT2D eigenvalue weighted by atomic mass is 10.2. The molecule has 20 heavy (non-hydrogen) atoms. The number of benzene rings is 1. The summed E-state index contributed by atoms with van der Waals surface area (Å²) in [7, 11) is 0. The molecule has 0 aliphatic rings. The van der Waals surface area contributed by atoms with E-state index in [0.29, 0.717) is 17.4 Å². The number of hydrogen-bond acceptors (Lipinski definition) is 6. The van der Waals surface area contributed by atoms with E-state index in [4.69, 9.17) is 15.6 Å². The molecule has 0 bridgehead atoms. The highest BCUT2D eigenvalue weighted by molar-refractivity contribution is 7.13. The second-order valence-electron chi connectivity index (χ2n) is 3.98. The maximum Gasteiger partial charge on any atom is 0.326 e. The second kappa shape index (κ2) is 6.36. The largest absolute Gasteiger partial charge is 0.494 e. The Kier molecular flexibility index (Phi) is 4.54. The van der Waals surface area contributed by atoms with Crippen LogP contribution in [0.3, 0.4) is 0 Å². The van der Waals surface area contributed by atoms with Gasteiger partial charge >= 0.3 is 5.97 Å². The summed E-state index contributed by atoms with van der Waals surface area (Å²) in [6.45, 7) is 2.55. The van der Waals surface area contributed by atoms with Crippen molar-refractivity contribution in [2.45, 2.75) is 13.0 Å². The summed E-state index contributed by atoms with van der Waals surface area (Å²) in [6, 6.07) is 6.33. The average Bonchev–Trinajstić information content (AvgIpc) is 2.89. The number of nitrogens with two attached hydrogens (primary N) is 1. The monoisotopic (exact) mass is 293 g/mol. The molecule has 0 spiro atoms. The molecule has 2 rings (SSSR count). The van der Waals surface area contributed by atoms with Gasteiger partial charge in [0.05, 0.1) is 12.3 Å². The molecule has 1 heterocycles. The Balaban J connectivity index is 2.04. The first kappa shape index (κ1) is 14.3. The molecule has 0 amide bonds. The van der Waals surface area contributed by atoms with Crippen molar-refractivity contribution in [1.29, 1.82) is 0 Å². The maximum atomic E-state index is 10.8. The third kappa shape index (κ3) is 3.46. The van der Waals surface area contributed by atoms with Gasteiger partial charge in [0.25, 0.3) is 0 Å². The van der Waals surface area contributed by atoms with E-state index >= 15 is 0 Å². The van der Waals surface area contributed by atoms with Gasteiger partial charge in [-0.05, 0) is 31.2 Å². The molecule has 106 valence electrons. The van der Waals surface area contributed by atoms with Crippen LogP contribution in [0.2, 0.25) is 0 Å². The van der Waals surface area contributed by atoms with E-state index in [9.17, 15) is 4.79 Å². The Labute approximate surface area is 120 Å². The number of rotatable bonds is 6. The topological polar surface area (TPSA) is 97.5 Å². The molecule has 1 aromatic heterocycles. The van der Waals surface area contributed by atoms with E-state index in [1.807, 2.05) is 31.2 Å². The van der Waals surface area contributed by atoms with Crippen LogP contribution in [0.4, 0.5) is 10.8 Å². The van der Waals surface area contributed by atoms with Gasteiger partial charge < -0.3 is 20.9 Å². The number of nitrogens with zero attached hydrogens (tertiary/aromatic N) is 1. The quantitative estimate of drug-likeness (QED) is 0.756. The third-order valence-electron chi connectivity index (χ3n) is 2.52. The van der Waals surface area contributed by atoms with Crippen LogP contribution in [-0.2, 0) is 4.79 Å². The van der Waals surface area contributed by atoms with E-state index in [0.717, 1.165) is 11.4 Å². The van der Waals surface area contributed by atoms with Gasteiger partial charge in [0.1, 0.15) is 11.8 Å². The summed E-state index contributed by atoms with van der Waals surface area (Å²) in [5, 5.41) is 14.1. The van der Waals surface area contributed by atoms with Crippen molar-refractivity contribution in [3.8, 4) is 5.75 Å². The van der Waals surface area contributed by atoms with Crippen molar-refractivity contribution >= 4 is 28.1 Å². The zero-order valence-electron chi connectivity index (χ0n) is 10.9. The van der Waals surface area contributed by atoms with Crippen LogP contribution in [0, 0.1) is 0 Å². The molecule has 1 unspecified atom stereocenters. The van der Waals surface area contributed by atoms with E-state index in [-0.39, 0.29) is 0 Å². The fourth-order valence-corrected chi connectivity index (χ4v) is 2.30. The summed E-state index contributed by atoms with van der Waals surface area (Å²) in [4.78, 5) is 14.9. The Morgan fingerprint density at radius 2 is 2.20 bits per heavy atom. The number of carbonyl (C=O) groups is 1. The highest BCUT2D eigenvalue weighted by atomic mass is 32.1. The lowest BCUT2D eigenvalue weighted by Crippen LogP contribution is -2.20. The maximum absolute atomic E-state index is 10.8. The SMILES string of the molecule is CCOc1ccc(Nc2nc(C(N)C(=O)O)cs2)cc1. The van der Waals surface area contributed by atoms with Crippen molar-refractivity contribution in [2.24, 2.45) is 5.73 Å². The van der Waals surface area contributed by atoms with E-state index < -0.39 is 12.0 Å². The molecular formula is C13H15N3O3S. The minimum atomic E-state index is -1.10. The predicted molar refractivity (Wildman–Crippen MR) is 77.6 cm³/mol. The Morgan fingerprint density at radius 3 is 2.80 bits per heavy atom. The van der Waals surface area contributed by atoms with Gasteiger partial charge in [0, 0.05) is 11.1 Å². The summed E-state index contributed by atoms with van der Waals surface area (Å²) < 4.78 is 5.35. The average molecular weight is 293 g/mol. The Hall–Kier alpha value is -2.12. The molecule has 0 aliphatic heterocycles. The first-order valence-electron chi connectivity index (χ1n) is 6.04. The minimum absolute atomic E-state index is 0.343. The summed E-state index contributed by atoms with van der Waals surface area (Å²) in [5.41, 5.74) is 6.69. The molecule has 1 aromatic carbocycles. The van der Waals surface area contributed by atoms with Gasteiger partial charge in [-0.2, -0.15) is 0 Å². The number of hydrogen-bond donors (Lipinski definition) is 3. The highest BCUT2D eigenvalue weighted by Gasteiger charge is 2.17. The van der Waals surface area contributed by atoms with Gasteiger partial charge in [0.15, 0.2) is 5.13 Å². The van der Waals surface area contributed by atoms with Crippen LogP contribution in [0.5, 0.6) is 5.75 Å². The van der Waals surface area contributed by atoms with Gasteiger partial charge in [-0.25, -0.2) is 4.98 Å². The first-order valence-corrected chi connectivity index (χ1v) is 6.92. The summed E-state index contributed by atoms with van der Waals surface area (Å²) in [5.74, 6) is -0.298. The first-order chi connectivity index (χ1) is 9.60. The second-order valence-corrected chi connectivity index (χ2v) is 4.83. The normalized spacial score (nSPS) is 11.9. The molecule has 7 heteroatoms. The fraction of sp³-hybridized carbons (Fsp3) is 0.231.